The molecule has 1 saturated heterocycles. The standard InChI is InChI=1S/C13H17FN2/c14-12-2-1-3-13-11(12)7-6-9-4-5-10(8-15)16(9)13/h1-3,9-10H,4-8,15H2. The number of fused-ring (bicyclic) bond motifs is 3. The molecular weight excluding hydrogens is 203 g/mol. The molecule has 2 aliphatic heterocycles. The molecule has 2 nitrogen and oxygen atoms in total. The molecule has 1 aromatic carbocycles. The first kappa shape index (κ1) is 10.1. The van der Waals surface area contributed by atoms with Crippen molar-refractivity contribution in [2.45, 2.75) is 37.8 Å². The molecular formula is C13H17FN2. The van der Waals surface area contributed by atoms with Gasteiger partial charge in [-0.1, -0.05) is 6.07 Å². The van der Waals surface area contributed by atoms with Gasteiger partial charge in [0.25, 0.3) is 0 Å². The van der Waals surface area contributed by atoms with E-state index >= 15 is 0 Å². The normalized spacial score (nSPS) is 27.8. The third-order valence-corrected chi connectivity index (χ3v) is 3.99. The van der Waals surface area contributed by atoms with Gasteiger partial charge in [-0.3, -0.25) is 0 Å². The molecule has 2 aliphatic rings. The van der Waals surface area contributed by atoms with Gasteiger partial charge in [-0.2, -0.15) is 0 Å². The summed E-state index contributed by atoms with van der Waals surface area (Å²) in [6.07, 6.45) is 4.31. The van der Waals surface area contributed by atoms with E-state index < -0.39 is 0 Å². The summed E-state index contributed by atoms with van der Waals surface area (Å²) >= 11 is 0. The van der Waals surface area contributed by atoms with E-state index in [0.717, 1.165) is 30.5 Å². The molecule has 2 atom stereocenters. The molecule has 0 radical (unpaired) electrons. The predicted octanol–water partition coefficient (Wildman–Crippen LogP) is 2.07. The van der Waals surface area contributed by atoms with Crippen molar-refractivity contribution in [2.75, 3.05) is 11.4 Å². The number of nitrogens with two attached hydrogens (primary N) is 1. The first-order valence-corrected chi connectivity index (χ1v) is 6.07. The molecule has 0 aromatic heterocycles. The Morgan fingerprint density at radius 2 is 2.19 bits per heavy atom. The molecule has 0 aliphatic carbocycles. The summed E-state index contributed by atoms with van der Waals surface area (Å²) < 4.78 is 13.7. The van der Waals surface area contributed by atoms with E-state index in [4.69, 9.17) is 5.73 Å². The van der Waals surface area contributed by atoms with E-state index in [1.165, 1.54) is 6.42 Å². The van der Waals surface area contributed by atoms with Crippen LogP contribution in [0.4, 0.5) is 10.1 Å². The van der Waals surface area contributed by atoms with Crippen molar-refractivity contribution in [2.24, 2.45) is 5.73 Å². The van der Waals surface area contributed by atoms with Crippen LogP contribution < -0.4 is 10.6 Å². The number of rotatable bonds is 1. The summed E-state index contributed by atoms with van der Waals surface area (Å²) in [6.45, 7) is 0.673. The summed E-state index contributed by atoms with van der Waals surface area (Å²) in [7, 11) is 0. The topological polar surface area (TPSA) is 29.3 Å². The van der Waals surface area contributed by atoms with Gasteiger partial charge in [0.05, 0.1) is 0 Å². The van der Waals surface area contributed by atoms with Crippen LogP contribution in [0.5, 0.6) is 0 Å². The van der Waals surface area contributed by atoms with E-state index in [0.29, 0.717) is 18.6 Å². The maximum absolute atomic E-state index is 13.7. The third kappa shape index (κ3) is 1.34. The zero-order chi connectivity index (χ0) is 11.1. The summed E-state index contributed by atoms with van der Waals surface area (Å²) in [5.74, 6) is -0.0568. The Bertz CT molecular complexity index is 405. The number of hydrogen-bond donors (Lipinski definition) is 1. The van der Waals surface area contributed by atoms with Crippen LogP contribution in [-0.4, -0.2) is 18.6 Å². The van der Waals surface area contributed by atoms with Crippen molar-refractivity contribution in [1.29, 1.82) is 0 Å². The molecule has 0 saturated carbocycles. The largest absolute Gasteiger partial charge is 0.364 e. The van der Waals surface area contributed by atoms with Gasteiger partial charge in [-0.25, -0.2) is 4.39 Å². The quantitative estimate of drug-likeness (QED) is 0.785. The average molecular weight is 220 g/mol. The molecule has 1 fully saturated rings. The van der Waals surface area contributed by atoms with Gasteiger partial charge in [-0.15, -0.1) is 0 Å². The summed E-state index contributed by atoms with van der Waals surface area (Å²) in [4.78, 5) is 2.36. The van der Waals surface area contributed by atoms with Crippen LogP contribution in [0.1, 0.15) is 24.8 Å². The van der Waals surface area contributed by atoms with E-state index in [9.17, 15) is 4.39 Å². The van der Waals surface area contributed by atoms with E-state index in [1.54, 1.807) is 6.07 Å². The van der Waals surface area contributed by atoms with Gasteiger partial charge in [0.15, 0.2) is 0 Å². The molecule has 2 unspecified atom stereocenters. The number of nitrogens with zero attached hydrogens (tertiary/aromatic N) is 1. The number of hydrogen-bond acceptors (Lipinski definition) is 2. The second kappa shape index (κ2) is 3.74. The average Bonchev–Trinajstić information content (AvgIpc) is 2.72. The monoisotopic (exact) mass is 220 g/mol. The zero-order valence-corrected chi connectivity index (χ0v) is 9.32. The maximum atomic E-state index is 13.7. The summed E-state index contributed by atoms with van der Waals surface area (Å²) in [5, 5.41) is 0. The van der Waals surface area contributed by atoms with Crippen LogP contribution in [0, 0.1) is 5.82 Å². The maximum Gasteiger partial charge on any atom is 0.128 e. The van der Waals surface area contributed by atoms with Crippen LogP contribution in [-0.2, 0) is 6.42 Å². The van der Waals surface area contributed by atoms with Crippen molar-refractivity contribution < 1.29 is 4.39 Å². The first-order chi connectivity index (χ1) is 7.81. The van der Waals surface area contributed by atoms with Crippen LogP contribution >= 0.6 is 0 Å². The minimum atomic E-state index is -0.0568. The van der Waals surface area contributed by atoms with Crippen LogP contribution in [0.15, 0.2) is 18.2 Å². The second-order valence-electron chi connectivity index (χ2n) is 4.80. The molecule has 2 N–H and O–H groups in total. The van der Waals surface area contributed by atoms with E-state index in [-0.39, 0.29) is 5.82 Å². The fourth-order valence-electron chi connectivity index (χ4n) is 3.22. The van der Waals surface area contributed by atoms with Crippen molar-refractivity contribution in [3.05, 3.63) is 29.6 Å². The molecule has 0 bridgehead atoms. The van der Waals surface area contributed by atoms with Crippen molar-refractivity contribution in [3.63, 3.8) is 0 Å². The highest BCUT2D eigenvalue weighted by molar-refractivity contribution is 5.58. The highest BCUT2D eigenvalue weighted by Gasteiger charge is 2.36. The molecule has 86 valence electrons. The van der Waals surface area contributed by atoms with Crippen LogP contribution in [0.3, 0.4) is 0 Å². The van der Waals surface area contributed by atoms with Crippen LogP contribution in [0.25, 0.3) is 0 Å². The van der Waals surface area contributed by atoms with E-state index in [1.807, 2.05) is 12.1 Å². The molecule has 0 amide bonds. The lowest BCUT2D eigenvalue weighted by Crippen LogP contribution is -2.43. The lowest BCUT2D eigenvalue weighted by Gasteiger charge is -2.37. The van der Waals surface area contributed by atoms with Gasteiger partial charge >= 0.3 is 0 Å². The zero-order valence-electron chi connectivity index (χ0n) is 9.32. The Morgan fingerprint density at radius 1 is 1.31 bits per heavy atom. The Balaban J connectivity index is 2.06. The SMILES string of the molecule is NCC1CCC2CCc3c(F)cccc3N12. The van der Waals surface area contributed by atoms with Gasteiger partial charge in [0.2, 0.25) is 0 Å². The molecule has 2 heterocycles. The van der Waals surface area contributed by atoms with Gasteiger partial charge in [0, 0.05) is 29.9 Å². The van der Waals surface area contributed by atoms with Crippen LogP contribution in [0.2, 0.25) is 0 Å². The fourth-order valence-corrected chi connectivity index (χ4v) is 3.22. The smallest absolute Gasteiger partial charge is 0.128 e. The highest BCUT2D eigenvalue weighted by atomic mass is 19.1. The number of anilines is 1. The first-order valence-electron chi connectivity index (χ1n) is 6.07. The van der Waals surface area contributed by atoms with Crippen molar-refractivity contribution in [3.8, 4) is 0 Å². The van der Waals surface area contributed by atoms with E-state index in [2.05, 4.69) is 4.90 Å². The van der Waals surface area contributed by atoms with Gasteiger partial charge < -0.3 is 10.6 Å². The Kier molecular flexibility index (Phi) is 2.36. The molecule has 3 heteroatoms. The molecule has 0 spiro atoms. The highest BCUT2D eigenvalue weighted by Crippen LogP contribution is 2.39. The lowest BCUT2D eigenvalue weighted by atomic mass is 9.96. The second-order valence-corrected chi connectivity index (χ2v) is 4.80. The summed E-state index contributed by atoms with van der Waals surface area (Å²) in [6, 6.07) is 6.40. The molecule has 1 aromatic rings. The summed E-state index contributed by atoms with van der Waals surface area (Å²) in [5.41, 5.74) is 7.78. The number of halogens is 1. The lowest BCUT2D eigenvalue weighted by molar-refractivity contribution is 0.534. The minimum Gasteiger partial charge on any atom is -0.364 e. The predicted molar refractivity (Wildman–Crippen MR) is 63.1 cm³/mol. The van der Waals surface area contributed by atoms with Crippen molar-refractivity contribution >= 4 is 5.69 Å². The Labute approximate surface area is 95.2 Å². The molecule has 16 heavy (non-hydrogen) atoms. The number of benzene rings is 1. The van der Waals surface area contributed by atoms with Gasteiger partial charge in [-0.05, 0) is 37.8 Å². The fraction of sp³-hybridized carbons (Fsp3) is 0.538. The Morgan fingerprint density at radius 3 is 3.00 bits per heavy atom. The third-order valence-electron chi connectivity index (χ3n) is 3.99. The molecule has 3 rings (SSSR count). The minimum absolute atomic E-state index is 0.0568. The Hall–Kier alpha value is -1.09. The van der Waals surface area contributed by atoms with Gasteiger partial charge in [0.1, 0.15) is 5.82 Å². The van der Waals surface area contributed by atoms with Crippen molar-refractivity contribution in [1.82, 2.24) is 0 Å².